The fourth-order valence-corrected chi connectivity index (χ4v) is 2.97. The molecule has 1 aromatic heterocycles. The lowest BCUT2D eigenvalue weighted by molar-refractivity contribution is 0.0288. The highest BCUT2D eigenvalue weighted by Gasteiger charge is 2.29. The summed E-state index contributed by atoms with van der Waals surface area (Å²) in [4.78, 5) is 13.8. The molecule has 1 amide bonds. The number of carbonyl (C=O) groups excluding carboxylic acids is 1. The van der Waals surface area contributed by atoms with Gasteiger partial charge in [0.25, 0.3) is 0 Å². The lowest BCUT2D eigenvalue weighted by Crippen LogP contribution is -2.36. The number of carbonyl (C=O) groups is 1. The number of rotatable bonds is 4. The third-order valence-corrected chi connectivity index (χ3v) is 4.01. The first-order chi connectivity index (χ1) is 9.44. The van der Waals surface area contributed by atoms with Crippen LogP contribution in [0, 0.1) is 5.92 Å². The number of thiophene rings is 1. The van der Waals surface area contributed by atoms with Crippen LogP contribution in [-0.2, 0) is 11.3 Å². The predicted molar refractivity (Wildman–Crippen MR) is 81.9 cm³/mol. The molecule has 1 aliphatic rings. The zero-order valence-electron chi connectivity index (χ0n) is 12.5. The van der Waals surface area contributed by atoms with Gasteiger partial charge in [-0.3, -0.25) is 0 Å². The van der Waals surface area contributed by atoms with Crippen LogP contribution in [0.15, 0.2) is 16.8 Å². The molecule has 0 radical (unpaired) electrons. The molecule has 0 saturated carbocycles. The number of hydrogen-bond acceptors (Lipinski definition) is 4. The van der Waals surface area contributed by atoms with Gasteiger partial charge >= 0.3 is 6.09 Å². The van der Waals surface area contributed by atoms with Crippen LogP contribution in [-0.4, -0.2) is 36.2 Å². The van der Waals surface area contributed by atoms with E-state index in [0.717, 1.165) is 32.6 Å². The van der Waals surface area contributed by atoms with E-state index in [0.29, 0.717) is 5.92 Å². The van der Waals surface area contributed by atoms with Gasteiger partial charge in [-0.1, -0.05) is 0 Å². The molecule has 1 saturated heterocycles. The molecule has 4 nitrogen and oxygen atoms in total. The molecular formula is C15H24N2O2S. The molecule has 2 rings (SSSR count). The standard InChI is InChI=1S/C15H24N2O2S/c1-15(2,3)19-14(18)17-6-4-12(10-17)8-16-9-13-5-7-20-11-13/h5,7,11-12,16H,4,6,8-10H2,1-3H3. The van der Waals surface area contributed by atoms with Crippen molar-refractivity contribution in [1.82, 2.24) is 10.2 Å². The summed E-state index contributed by atoms with van der Waals surface area (Å²) >= 11 is 1.72. The van der Waals surface area contributed by atoms with E-state index in [-0.39, 0.29) is 6.09 Å². The minimum atomic E-state index is -0.410. The summed E-state index contributed by atoms with van der Waals surface area (Å²) < 4.78 is 5.40. The summed E-state index contributed by atoms with van der Waals surface area (Å²) in [5, 5.41) is 7.72. The maximum Gasteiger partial charge on any atom is 0.410 e. The molecule has 1 N–H and O–H groups in total. The number of hydrogen-bond donors (Lipinski definition) is 1. The van der Waals surface area contributed by atoms with E-state index in [9.17, 15) is 4.79 Å². The van der Waals surface area contributed by atoms with Crippen molar-refractivity contribution in [1.29, 1.82) is 0 Å². The Morgan fingerprint density at radius 3 is 3.00 bits per heavy atom. The molecule has 1 aromatic rings. The van der Waals surface area contributed by atoms with Crippen molar-refractivity contribution >= 4 is 17.4 Å². The number of nitrogens with one attached hydrogen (secondary N) is 1. The highest BCUT2D eigenvalue weighted by molar-refractivity contribution is 7.07. The maximum absolute atomic E-state index is 12.0. The molecule has 112 valence electrons. The Balaban J connectivity index is 1.68. The van der Waals surface area contributed by atoms with Gasteiger partial charge in [0.15, 0.2) is 0 Å². The van der Waals surface area contributed by atoms with Crippen molar-refractivity contribution < 1.29 is 9.53 Å². The van der Waals surface area contributed by atoms with Gasteiger partial charge in [0.2, 0.25) is 0 Å². The fraction of sp³-hybridized carbons (Fsp3) is 0.667. The minimum Gasteiger partial charge on any atom is -0.444 e. The second kappa shape index (κ2) is 6.59. The molecule has 1 aliphatic heterocycles. The SMILES string of the molecule is CC(C)(C)OC(=O)N1CCC(CNCc2ccsc2)C1. The zero-order valence-corrected chi connectivity index (χ0v) is 13.3. The van der Waals surface area contributed by atoms with Gasteiger partial charge in [0.1, 0.15) is 5.60 Å². The Morgan fingerprint density at radius 1 is 1.55 bits per heavy atom. The van der Waals surface area contributed by atoms with Crippen molar-refractivity contribution in [2.45, 2.75) is 39.3 Å². The number of nitrogens with zero attached hydrogens (tertiary/aromatic N) is 1. The quantitative estimate of drug-likeness (QED) is 0.928. The van der Waals surface area contributed by atoms with Crippen LogP contribution in [0.2, 0.25) is 0 Å². The largest absolute Gasteiger partial charge is 0.444 e. The van der Waals surface area contributed by atoms with E-state index >= 15 is 0 Å². The van der Waals surface area contributed by atoms with Crippen molar-refractivity contribution in [2.75, 3.05) is 19.6 Å². The monoisotopic (exact) mass is 296 g/mol. The van der Waals surface area contributed by atoms with E-state index in [4.69, 9.17) is 4.74 Å². The normalized spacial score (nSPS) is 19.4. The summed E-state index contributed by atoms with van der Waals surface area (Å²) in [5.41, 5.74) is 0.920. The Kier molecular flexibility index (Phi) is 5.05. The van der Waals surface area contributed by atoms with E-state index in [1.165, 1.54) is 5.56 Å². The van der Waals surface area contributed by atoms with Gasteiger partial charge in [-0.2, -0.15) is 11.3 Å². The molecule has 1 unspecified atom stereocenters. The van der Waals surface area contributed by atoms with Crippen LogP contribution in [0.5, 0.6) is 0 Å². The van der Waals surface area contributed by atoms with E-state index in [2.05, 4.69) is 22.1 Å². The average Bonchev–Trinajstić information content (AvgIpc) is 2.97. The fourth-order valence-electron chi connectivity index (χ4n) is 2.31. The second-order valence-corrected chi connectivity index (χ2v) is 7.12. The molecular weight excluding hydrogens is 272 g/mol. The van der Waals surface area contributed by atoms with Gasteiger partial charge in [0, 0.05) is 26.2 Å². The molecule has 1 fully saturated rings. The molecule has 0 bridgehead atoms. The summed E-state index contributed by atoms with van der Waals surface area (Å²) in [7, 11) is 0. The van der Waals surface area contributed by atoms with Crippen molar-refractivity contribution in [3.8, 4) is 0 Å². The van der Waals surface area contributed by atoms with Gasteiger partial charge in [0.05, 0.1) is 0 Å². The summed E-state index contributed by atoms with van der Waals surface area (Å²) in [5.74, 6) is 0.529. The van der Waals surface area contributed by atoms with Crippen LogP contribution in [0.4, 0.5) is 4.79 Å². The Hall–Kier alpha value is -1.07. The zero-order chi connectivity index (χ0) is 14.6. The molecule has 0 spiro atoms. The van der Waals surface area contributed by atoms with Gasteiger partial charge in [-0.15, -0.1) is 0 Å². The van der Waals surface area contributed by atoms with Crippen LogP contribution < -0.4 is 5.32 Å². The first kappa shape index (κ1) is 15.3. The number of amides is 1. The maximum atomic E-state index is 12.0. The van der Waals surface area contributed by atoms with Crippen LogP contribution in [0.1, 0.15) is 32.8 Å². The van der Waals surface area contributed by atoms with E-state index in [1.54, 1.807) is 11.3 Å². The van der Waals surface area contributed by atoms with Gasteiger partial charge in [-0.05, 0) is 55.5 Å². The third kappa shape index (κ3) is 4.80. The number of ether oxygens (including phenoxy) is 1. The second-order valence-electron chi connectivity index (χ2n) is 6.34. The highest BCUT2D eigenvalue weighted by atomic mass is 32.1. The third-order valence-electron chi connectivity index (χ3n) is 3.28. The highest BCUT2D eigenvalue weighted by Crippen LogP contribution is 2.19. The van der Waals surface area contributed by atoms with Gasteiger partial charge in [-0.25, -0.2) is 4.79 Å². The first-order valence-electron chi connectivity index (χ1n) is 7.14. The van der Waals surface area contributed by atoms with E-state index in [1.807, 2.05) is 25.7 Å². The van der Waals surface area contributed by atoms with Gasteiger partial charge < -0.3 is 15.0 Å². The van der Waals surface area contributed by atoms with Crippen LogP contribution in [0.3, 0.4) is 0 Å². The average molecular weight is 296 g/mol. The molecule has 0 aliphatic carbocycles. The van der Waals surface area contributed by atoms with Crippen molar-refractivity contribution in [3.63, 3.8) is 0 Å². The minimum absolute atomic E-state index is 0.183. The summed E-state index contributed by atoms with van der Waals surface area (Å²) in [6.07, 6.45) is 0.869. The van der Waals surface area contributed by atoms with Crippen molar-refractivity contribution in [2.24, 2.45) is 5.92 Å². The predicted octanol–water partition coefficient (Wildman–Crippen LogP) is 3.09. The Bertz CT molecular complexity index is 426. The van der Waals surface area contributed by atoms with Crippen molar-refractivity contribution in [3.05, 3.63) is 22.4 Å². The lowest BCUT2D eigenvalue weighted by Gasteiger charge is -2.24. The topological polar surface area (TPSA) is 41.6 Å². The number of likely N-dealkylation sites (tertiary alicyclic amines) is 1. The van der Waals surface area contributed by atoms with Crippen LogP contribution >= 0.6 is 11.3 Å². The Labute approximate surface area is 125 Å². The summed E-state index contributed by atoms with van der Waals surface area (Å²) in [6, 6.07) is 2.14. The smallest absolute Gasteiger partial charge is 0.410 e. The molecule has 2 heterocycles. The van der Waals surface area contributed by atoms with Crippen LogP contribution in [0.25, 0.3) is 0 Å². The molecule has 20 heavy (non-hydrogen) atoms. The summed E-state index contributed by atoms with van der Waals surface area (Å²) in [6.45, 7) is 9.18. The first-order valence-corrected chi connectivity index (χ1v) is 8.08. The van der Waals surface area contributed by atoms with E-state index < -0.39 is 5.60 Å². The molecule has 0 aromatic carbocycles. The molecule has 5 heteroatoms. The Morgan fingerprint density at radius 2 is 2.35 bits per heavy atom. The molecule has 1 atom stereocenters. The lowest BCUT2D eigenvalue weighted by atomic mass is 10.1.